The van der Waals surface area contributed by atoms with Gasteiger partial charge >= 0.3 is 0 Å². The van der Waals surface area contributed by atoms with Gasteiger partial charge in [-0.05, 0) is 48.7 Å². The predicted molar refractivity (Wildman–Crippen MR) is 89.9 cm³/mol. The number of hydrogen-bond acceptors (Lipinski definition) is 2. The van der Waals surface area contributed by atoms with Crippen LogP contribution in [0.3, 0.4) is 0 Å². The highest BCUT2D eigenvalue weighted by atomic mass is 79.9. The molecule has 2 aromatic rings. The number of nitrogens with one attached hydrogen (secondary N) is 1. The normalized spacial score (nSPS) is 13.1. The van der Waals surface area contributed by atoms with Crippen molar-refractivity contribution in [2.75, 3.05) is 23.3 Å². The third kappa shape index (κ3) is 2.95. The Kier molecular flexibility index (Phi) is 3.97. The predicted octanol–water partition coefficient (Wildman–Crippen LogP) is 3.76. The van der Waals surface area contributed by atoms with E-state index in [0.29, 0.717) is 6.54 Å². The number of para-hydroxylation sites is 1. The summed E-state index contributed by atoms with van der Waals surface area (Å²) < 4.78 is 1.05. The Hall–Kier alpha value is -1.81. The monoisotopic (exact) mass is 344 g/mol. The molecule has 3 rings (SSSR count). The van der Waals surface area contributed by atoms with Crippen molar-refractivity contribution < 1.29 is 4.79 Å². The molecular formula is C17H17BrN2O. The molecule has 0 aromatic heterocycles. The highest BCUT2D eigenvalue weighted by Crippen LogP contribution is 2.27. The maximum absolute atomic E-state index is 12.4. The number of benzene rings is 2. The molecule has 0 spiro atoms. The zero-order chi connectivity index (χ0) is 14.8. The molecule has 1 amide bonds. The molecule has 3 nitrogen and oxygen atoms in total. The molecule has 1 heterocycles. The summed E-state index contributed by atoms with van der Waals surface area (Å²) in [5, 5.41) is 3.24. The molecule has 0 saturated carbocycles. The Labute approximate surface area is 133 Å². The van der Waals surface area contributed by atoms with Crippen LogP contribution in [0.15, 0.2) is 46.9 Å². The topological polar surface area (TPSA) is 32.3 Å². The lowest BCUT2D eigenvalue weighted by molar-refractivity contribution is -0.116. The summed E-state index contributed by atoms with van der Waals surface area (Å²) >= 11 is 3.45. The summed E-state index contributed by atoms with van der Waals surface area (Å²) in [6.07, 6.45) is 0.944. The molecule has 0 fully saturated rings. The Balaban J connectivity index is 1.68. The van der Waals surface area contributed by atoms with Crippen molar-refractivity contribution in [3.63, 3.8) is 0 Å². The average Bonchev–Trinajstić information content (AvgIpc) is 2.90. The van der Waals surface area contributed by atoms with Crippen LogP contribution in [0.5, 0.6) is 0 Å². The molecule has 0 unspecified atom stereocenters. The maximum Gasteiger partial charge on any atom is 0.246 e. The lowest BCUT2D eigenvalue weighted by Crippen LogP contribution is -2.34. The van der Waals surface area contributed by atoms with Gasteiger partial charge in [-0.3, -0.25) is 4.79 Å². The number of fused-ring (bicyclic) bond motifs is 1. The molecule has 0 saturated heterocycles. The van der Waals surface area contributed by atoms with Crippen molar-refractivity contribution in [1.29, 1.82) is 0 Å². The van der Waals surface area contributed by atoms with Gasteiger partial charge in [0.2, 0.25) is 5.91 Å². The highest BCUT2D eigenvalue weighted by molar-refractivity contribution is 9.10. The van der Waals surface area contributed by atoms with Gasteiger partial charge in [0.05, 0.1) is 6.54 Å². The van der Waals surface area contributed by atoms with Gasteiger partial charge in [0, 0.05) is 22.4 Å². The molecule has 0 atom stereocenters. The maximum atomic E-state index is 12.4. The van der Waals surface area contributed by atoms with Crippen LogP contribution in [0.1, 0.15) is 11.1 Å². The number of hydrogen-bond donors (Lipinski definition) is 1. The quantitative estimate of drug-likeness (QED) is 0.919. The third-order valence-corrected chi connectivity index (χ3v) is 4.30. The Morgan fingerprint density at radius 3 is 2.90 bits per heavy atom. The number of rotatable bonds is 3. The first kappa shape index (κ1) is 14.1. The van der Waals surface area contributed by atoms with Crippen LogP contribution in [0.4, 0.5) is 11.4 Å². The minimum absolute atomic E-state index is 0.113. The van der Waals surface area contributed by atoms with Gasteiger partial charge in [0.1, 0.15) is 0 Å². The Morgan fingerprint density at radius 2 is 2.10 bits per heavy atom. The Bertz CT molecular complexity index is 684. The van der Waals surface area contributed by atoms with E-state index in [2.05, 4.69) is 27.3 Å². The van der Waals surface area contributed by atoms with Crippen molar-refractivity contribution in [1.82, 2.24) is 0 Å². The molecule has 2 aromatic carbocycles. The van der Waals surface area contributed by atoms with Gasteiger partial charge < -0.3 is 10.2 Å². The van der Waals surface area contributed by atoms with Crippen molar-refractivity contribution in [3.8, 4) is 0 Å². The summed E-state index contributed by atoms with van der Waals surface area (Å²) in [7, 11) is 0. The first-order valence-corrected chi connectivity index (χ1v) is 7.83. The van der Waals surface area contributed by atoms with E-state index in [1.165, 1.54) is 5.56 Å². The number of aryl methyl sites for hydroxylation is 1. The van der Waals surface area contributed by atoms with Crippen LogP contribution in [0, 0.1) is 6.92 Å². The highest BCUT2D eigenvalue weighted by Gasteiger charge is 2.23. The van der Waals surface area contributed by atoms with Crippen molar-refractivity contribution in [2.24, 2.45) is 0 Å². The smallest absolute Gasteiger partial charge is 0.246 e. The minimum Gasteiger partial charge on any atom is -0.376 e. The molecule has 0 bridgehead atoms. The fourth-order valence-electron chi connectivity index (χ4n) is 2.69. The molecule has 4 heteroatoms. The lowest BCUT2D eigenvalue weighted by atomic mass is 10.2. The van der Waals surface area contributed by atoms with Crippen molar-refractivity contribution in [2.45, 2.75) is 13.3 Å². The molecular weight excluding hydrogens is 328 g/mol. The first-order valence-electron chi connectivity index (χ1n) is 7.03. The molecule has 1 N–H and O–H groups in total. The summed E-state index contributed by atoms with van der Waals surface area (Å²) in [6, 6.07) is 14.1. The van der Waals surface area contributed by atoms with Crippen LogP contribution in [-0.2, 0) is 11.2 Å². The number of nitrogens with zero attached hydrogens (tertiary/aromatic N) is 1. The lowest BCUT2D eigenvalue weighted by Gasteiger charge is -2.18. The average molecular weight is 345 g/mol. The van der Waals surface area contributed by atoms with Crippen LogP contribution in [-0.4, -0.2) is 19.0 Å². The molecule has 21 heavy (non-hydrogen) atoms. The van der Waals surface area contributed by atoms with Gasteiger partial charge in [0.25, 0.3) is 0 Å². The second-order valence-corrected chi connectivity index (χ2v) is 6.15. The fraction of sp³-hybridized carbons (Fsp3) is 0.235. The number of amides is 1. The zero-order valence-electron chi connectivity index (χ0n) is 11.9. The van der Waals surface area contributed by atoms with Crippen molar-refractivity contribution >= 4 is 33.2 Å². The largest absolute Gasteiger partial charge is 0.376 e. The summed E-state index contributed by atoms with van der Waals surface area (Å²) in [5.41, 5.74) is 4.43. The van der Waals surface area contributed by atoms with Crippen LogP contribution < -0.4 is 10.2 Å². The van der Waals surface area contributed by atoms with Crippen molar-refractivity contribution in [3.05, 3.63) is 58.1 Å². The number of carbonyl (C=O) groups is 1. The number of carbonyl (C=O) groups excluding carboxylic acids is 1. The third-order valence-electron chi connectivity index (χ3n) is 3.81. The summed E-state index contributed by atoms with van der Waals surface area (Å²) in [4.78, 5) is 14.3. The standard InChI is InChI=1S/C17H17BrN2O/c1-12-10-14(18)6-7-15(12)19-11-17(21)20-9-8-13-4-2-3-5-16(13)20/h2-7,10,19H,8-9,11H2,1H3. The van der Waals surface area contributed by atoms with Gasteiger partial charge in [-0.1, -0.05) is 34.1 Å². The van der Waals surface area contributed by atoms with E-state index in [-0.39, 0.29) is 5.91 Å². The van der Waals surface area contributed by atoms with E-state index in [4.69, 9.17) is 0 Å². The zero-order valence-corrected chi connectivity index (χ0v) is 13.5. The van der Waals surface area contributed by atoms with Gasteiger partial charge in [-0.2, -0.15) is 0 Å². The number of anilines is 2. The van der Waals surface area contributed by atoms with Gasteiger partial charge in [-0.15, -0.1) is 0 Å². The van der Waals surface area contributed by atoms with E-state index in [1.54, 1.807) is 0 Å². The van der Waals surface area contributed by atoms with Crippen LogP contribution in [0.25, 0.3) is 0 Å². The summed E-state index contributed by atoms with van der Waals surface area (Å²) in [6.45, 7) is 3.12. The van der Waals surface area contributed by atoms with E-state index < -0.39 is 0 Å². The van der Waals surface area contributed by atoms with Gasteiger partial charge in [-0.25, -0.2) is 0 Å². The molecule has 1 aliphatic rings. The molecule has 108 valence electrons. The number of halogens is 1. The van der Waals surface area contributed by atoms with E-state index in [1.807, 2.05) is 48.2 Å². The summed E-state index contributed by atoms with van der Waals surface area (Å²) in [5.74, 6) is 0.113. The minimum atomic E-state index is 0.113. The second kappa shape index (κ2) is 5.90. The van der Waals surface area contributed by atoms with E-state index >= 15 is 0 Å². The molecule has 0 radical (unpaired) electrons. The van der Waals surface area contributed by atoms with Gasteiger partial charge in [0.15, 0.2) is 0 Å². The van der Waals surface area contributed by atoms with E-state index in [9.17, 15) is 4.79 Å². The molecule has 0 aliphatic carbocycles. The Morgan fingerprint density at radius 1 is 1.29 bits per heavy atom. The second-order valence-electron chi connectivity index (χ2n) is 5.24. The SMILES string of the molecule is Cc1cc(Br)ccc1NCC(=O)N1CCc2ccccc21. The molecule has 1 aliphatic heterocycles. The van der Waals surface area contributed by atoms with Crippen LogP contribution >= 0.6 is 15.9 Å². The first-order chi connectivity index (χ1) is 10.1. The van der Waals surface area contributed by atoms with Crippen LogP contribution in [0.2, 0.25) is 0 Å². The fourth-order valence-corrected chi connectivity index (χ4v) is 3.16. The van der Waals surface area contributed by atoms with E-state index in [0.717, 1.165) is 34.4 Å².